The first-order valence-corrected chi connectivity index (χ1v) is 11.8. The minimum atomic E-state index is -0.181. The normalized spacial score (nSPS) is 15.5. The van der Waals surface area contributed by atoms with E-state index in [1.807, 2.05) is 43.3 Å². The van der Waals surface area contributed by atoms with Gasteiger partial charge in [0.15, 0.2) is 4.34 Å². The number of nitrogen functional groups attached to an aromatic ring is 1. The summed E-state index contributed by atoms with van der Waals surface area (Å²) >= 11 is 2.59. The zero-order valence-electron chi connectivity index (χ0n) is 18.1. The molecular weight excluding hydrogens is 444 g/mol. The topological polar surface area (TPSA) is 96.9 Å². The zero-order valence-corrected chi connectivity index (χ0v) is 19.7. The molecule has 0 spiro atoms. The molecule has 2 heterocycles. The van der Waals surface area contributed by atoms with E-state index in [4.69, 9.17) is 15.6 Å². The molecule has 1 atom stereocenters. The molecule has 1 amide bonds. The molecule has 0 saturated carbocycles. The quantitative estimate of drug-likeness (QED) is 0.529. The molecule has 0 bridgehead atoms. The number of thioether (sulfide) groups is 1. The predicted molar refractivity (Wildman–Crippen MR) is 130 cm³/mol. The summed E-state index contributed by atoms with van der Waals surface area (Å²) in [6, 6.07) is 15.8. The molecule has 0 saturated heterocycles. The lowest BCUT2D eigenvalue weighted by atomic mass is 9.98. The fraction of sp³-hybridized carbons (Fsp3) is 0.273. The Bertz CT molecular complexity index is 1130. The summed E-state index contributed by atoms with van der Waals surface area (Å²) in [5.41, 5.74) is 9.58. The molecule has 0 radical (unpaired) electrons. The number of ether oxygens (including phenoxy) is 1. The fourth-order valence-corrected chi connectivity index (χ4v) is 4.93. The Morgan fingerprint density at radius 1 is 1.25 bits per heavy atom. The number of methoxy groups -OCH3 is 1. The highest BCUT2D eigenvalue weighted by atomic mass is 32.2. The fourth-order valence-electron chi connectivity index (χ4n) is 3.44. The van der Waals surface area contributed by atoms with Crippen LogP contribution in [0.5, 0.6) is 5.75 Å². The second kappa shape index (κ2) is 9.58. The van der Waals surface area contributed by atoms with E-state index in [0.717, 1.165) is 28.3 Å². The molecule has 1 aromatic heterocycles. The van der Waals surface area contributed by atoms with Gasteiger partial charge in [-0.25, -0.2) is 5.01 Å². The first kappa shape index (κ1) is 22.1. The van der Waals surface area contributed by atoms with Crippen molar-refractivity contribution in [3.8, 4) is 5.75 Å². The van der Waals surface area contributed by atoms with Gasteiger partial charge in [0.05, 0.1) is 24.6 Å². The van der Waals surface area contributed by atoms with Crippen molar-refractivity contribution >= 4 is 45.5 Å². The number of rotatable bonds is 7. The smallest absolute Gasteiger partial charge is 0.253 e. The second-order valence-electron chi connectivity index (χ2n) is 7.42. The number of aromatic nitrogens is 2. The predicted octanol–water partition coefficient (Wildman–Crippen LogP) is 3.66. The van der Waals surface area contributed by atoms with Crippen molar-refractivity contribution in [2.75, 3.05) is 37.6 Å². The van der Waals surface area contributed by atoms with Crippen molar-refractivity contribution in [3.63, 3.8) is 0 Å². The molecule has 166 valence electrons. The Labute approximate surface area is 195 Å². The number of anilines is 2. The van der Waals surface area contributed by atoms with Crippen LogP contribution < -0.4 is 15.4 Å². The first-order valence-electron chi connectivity index (χ1n) is 9.97. The molecular formula is C22H24N6O2S2. The molecule has 1 unspecified atom stereocenters. The van der Waals surface area contributed by atoms with E-state index in [2.05, 4.69) is 34.5 Å². The van der Waals surface area contributed by atoms with Crippen molar-refractivity contribution in [3.05, 3.63) is 59.7 Å². The van der Waals surface area contributed by atoms with Gasteiger partial charge in [-0.3, -0.25) is 4.79 Å². The molecule has 4 rings (SSSR count). The van der Waals surface area contributed by atoms with E-state index in [9.17, 15) is 4.79 Å². The van der Waals surface area contributed by atoms with Gasteiger partial charge in [-0.15, -0.1) is 10.2 Å². The number of carbonyl (C=O) groups is 1. The van der Waals surface area contributed by atoms with Crippen molar-refractivity contribution in [2.24, 2.45) is 5.10 Å². The van der Waals surface area contributed by atoms with E-state index < -0.39 is 0 Å². The molecule has 0 fully saturated rings. The minimum absolute atomic E-state index is 0.0941. The minimum Gasteiger partial charge on any atom is -0.497 e. The summed E-state index contributed by atoms with van der Waals surface area (Å²) in [5, 5.41) is 14.5. The number of nitrogens with two attached hydrogens (primary N) is 1. The van der Waals surface area contributed by atoms with Gasteiger partial charge in [-0.2, -0.15) is 5.10 Å². The van der Waals surface area contributed by atoms with Crippen LogP contribution in [0.1, 0.15) is 23.6 Å². The Morgan fingerprint density at radius 2 is 2.03 bits per heavy atom. The molecule has 32 heavy (non-hydrogen) atoms. The SMILES string of the molecule is COc1cccc(C2=NN(C(=O)CSc3nnc(N)s3)C(c3ccc(N(C)C)cc3)C2)c1. The van der Waals surface area contributed by atoms with Gasteiger partial charge in [0.2, 0.25) is 5.13 Å². The van der Waals surface area contributed by atoms with E-state index >= 15 is 0 Å². The van der Waals surface area contributed by atoms with Gasteiger partial charge in [-0.05, 0) is 29.8 Å². The Hall–Kier alpha value is -3.11. The molecule has 10 heteroatoms. The highest BCUT2D eigenvalue weighted by Crippen LogP contribution is 2.35. The summed E-state index contributed by atoms with van der Waals surface area (Å²) in [6.07, 6.45) is 0.622. The third kappa shape index (κ3) is 4.86. The van der Waals surface area contributed by atoms with E-state index in [1.54, 1.807) is 12.1 Å². The lowest BCUT2D eigenvalue weighted by Crippen LogP contribution is -2.28. The van der Waals surface area contributed by atoms with Crippen molar-refractivity contribution < 1.29 is 9.53 Å². The zero-order chi connectivity index (χ0) is 22.7. The van der Waals surface area contributed by atoms with E-state index in [-0.39, 0.29) is 17.7 Å². The summed E-state index contributed by atoms with van der Waals surface area (Å²) < 4.78 is 6.03. The number of hydrogen-bond acceptors (Lipinski definition) is 9. The molecule has 8 nitrogen and oxygen atoms in total. The van der Waals surface area contributed by atoms with E-state index in [0.29, 0.717) is 15.9 Å². The van der Waals surface area contributed by atoms with Crippen LogP contribution in [0.3, 0.4) is 0 Å². The summed E-state index contributed by atoms with van der Waals surface area (Å²) in [6.45, 7) is 0. The maximum absolute atomic E-state index is 13.2. The Balaban J connectivity index is 1.60. The van der Waals surface area contributed by atoms with Crippen LogP contribution in [-0.2, 0) is 4.79 Å². The highest BCUT2D eigenvalue weighted by molar-refractivity contribution is 8.01. The maximum atomic E-state index is 13.2. The van der Waals surface area contributed by atoms with Crippen LogP contribution in [0.25, 0.3) is 0 Å². The van der Waals surface area contributed by atoms with Crippen LogP contribution in [0, 0.1) is 0 Å². The second-order valence-corrected chi connectivity index (χ2v) is 9.65. The number of nitrogens with zero attached hydrogens (tertiary/aromatic N) is 5. The van der Waals surface area contributed by atoms with Crippen molar-refractivity contribution in [1.82, 2.24) is 15.2 Å². The standard InChI is InChI=1S/C22H24N6O2S2/c1-27(2)16-9-7-14(8-10-16)19-12-18(15-5-4-6-17(11-15)30-3)26-28(19)20(29)13-31-22-25-24-21(23)32-22/h4-11,19H,12-13H2,1-3H3,(H2,23,24). The molecule has 1 aliphatic heterocycles. The lowest BCUT2D eigenvalue weighted by Gasteiger charge is -2.22. The van der Waals surface area contributed by atoms with Crippen LogP contribution in [0.4, 0.5) is 10.8 Å². The van der Waals surface area contributed by atoms with Gasteiger partial charge in [0.1, 0.15) is 5.75 Å². The summed E-state index contributed by atoms with van der Waals surface area (Å²) in [7, 11) is 5.64. The van der Waals surface area contributed by atoms with Gasteiger partial charge in [0.25, 0.3) is 5.91 Å². The van der Waals surface area contributed by atoms with Gasteiger partial charge < -0.3 is 15.4 Å². The van der Waals surface area contributed by atoms with Gasteiger partial charge in [-0.1, -0.05) is 47.4 Å². The maximum Gasteiger partial charge on any atom is 0.253 e. The average Bonchev–Trinajstić information content (AvgIpc) is 3.44. The number of amides is 1. The van der Waals surface area contributed by atoms with Gasteiger partial charge in [0, 0.05) is 31.8 Å². The number of carbonyl (C=O) groups excluding carboxylic acids is 1. The summed E-state index contributed by atoms with van der Waals surface area (Å²) in [4.78, 5) is 15.2. The lowest BCUT2D eigenvalue weighted by molar-refractivity contribution is -0.130. The molecule has 2 aromatic carbocycles. The highest BCUT2D eigenvalue weighted by Gasteiger charge is 2.33. The van der Waals surface area contributed by atoms with Crippen LogP contribution >= 0.6 is 23.1 Å². The first-order chi connectivity index (χ1) is 15.4. The third-order valence-electron chi connectivity index (χ3n) is 5.10. The van der Waals surface area contributed by atoms with Crippen molar-refractivity contribution in [2.45, 2.75) is 16.8 Å². The summed E-state index contributed by atoms with van der Waals surface area (Å²) in [5.74, 6) is 0.866. The largest absolute Gasteiger partial charge is 0.497 e. The number of hydrazone groups is 1. The number of benzene rings is 2. The van der Waals surface area contributed by atoms with E-state index in [1.165, 1.54) is 23.1 Å². The molecule has 2 N–H and O–H groups in total. The van der Waals surface area contributed by atoms with Gasteiger partial charge >= 0.3 is 0 Å². The van der Waals surface area contributed by atoms with Crippen LogP contribution in [-0.4, -0.2) is 53.8 Å². The van der Waals surface area contributed by atoms with Crippen LogP contribution in [0.15, 0.2) is 58.0 Å². The Kier molecular flexibility index (Phi) is 6.61. The number of hydrogen-bond donors (Lipinski definition) is 1. The average molecular weight is 469 g/mol. The van der Waals surface area contributed by atoms with Crippen molar-refractivity contribution in [1.29, 1.82) is 0 Å². The Morgan fingerprint density at radius 3 is 2.69 bits per heavy atom. The molecule has 1 aliphatic rings. The monoisotopic (exact) mass is 468 g/mol. The third-order valence-corrected chi connectivity index (χ3v) is 6.97. The molecule has 0 aliphatic carbocycles. The molecule has 3 aromatic rings. The van der Waals surface area contributed by atoms with Crippen LogP contribution in [0.2, 0.25) is 0 Å².